The molecule has 1 aromatic rings. The number of carboxylic acids is 1. The average molecular weight is 263 g/mol. The predicted octanol–water partition coefficient (Wildman–Crippen LogP) is 2.64. The van der Waals surface area contributed by atoms with E-state index in [1.807, 2.05) is 26.0 Å². The summed E-state index contributed by atoms with van der Waals surface area (Å²) in [5, 5.41) is 19.3. The van der Waals surface area contributed by atoms with E-state index in [2.05, 4.69) is 4.90 Å². The fraction of sp³-hybridized carbons (Fsp3) is 0.533. The van der Waals surface area contributed by atoms with Crippen molar-refractivity contribution in [1.82, 2.24) is 4.90 Å². The molecule has 0 aliphatic carbocycles. The van der Waals surface area contributed by atoms with Crippen LogP contribution in [-0.2, 0) is 4.79 Å². The standard InChI is InChI=1S/C15H21NO3/c1-3-15(14(18)19)8-9-16(10-15)11(2)12-6-4-5-7-13(12)17/h4-7,11,17H,3,8-10H2,1-2H3,(H,18,19). The van der Waals surface area contributed by atoms with Crippen LogP contribution in [-0.4, -0.2) is 34.2 Å². The Morgan fingerprint density at radius 3 is 2.68 bits per heavy atom. The zero-order chi connectivity index (χ0) is 14.0. The number of phenolic OH excluding ortho intramolecular Hbond substituents is 1. The van der Waals surface area contributed by atoms with Crippen molar-refractivity contribution in [1.29, 1.82) is 0 Å². The molecule has 1 aliphatic rings. The third-order valence-electron chi connectivity index (χ3n) is 4.45. The minimum absolute atomic E-state index is 0.0361. The molecular formula is C15H21NO3. The molecule has 1 aliphatic heterocycles. The number of hydrogen-bond acceptors (Lipinski definition) is 3. The summed E-state index contributed by atoms with van der Waals surface area (Å²) in [6, 6.07) is 7.29. The molecule has 2 N–H and O–H groups in total. The van der Waals surface area contributed by atoms with Crippen molar-refractivity contribution in [2.24, 2.45) is 5.41 Å². The molecule has 0 saturated carbocycles. The molecule has 104 valence electrons. The Morgan fingerprint density at radius 2 is 2.16 bits per heavy atom. The van der Waals surface area contributed by atoms with E-state index in [0.717, 1.165) is 12.1 Å². The van der Waals surface area contributed by atoms with Gasteiger partial charge >= 0.3 is 5.97 Å². The summed E-state index contributed by atoms with van der Waals surface area (Å²) in [4.78, 5) is 13.6. The first-order valence-corrected chi connectivity index (χ1v) is 6.75. The Bertz CT molecular complexity index is 474. The number of carbonyl (C=O) groups is 1. The molecule has 0 bridgehead atoms. The van der Waals surface area contributed by atoms with Crippen LogP contribution in [0.25, 0.3) is 0 Å². The molecule has 1 heterocycles. The largest absolute Gasteiger partial charge is 0.508 e. The minimum atomic E-state index is -0.706. The number of para-hydroxylation sites is 1. The molecule has 4 nitrogen and oxygen atoms in total. The summed E-state index contributed by atoms with van der Waals surface area (Å²) < 4.78 is 0. The molecule has 0 aromatic heterocycles. The van der Waals surface area contributed by atoms with E-state index in [9.17, 15) is 15.0 Å². The molecule has 0 radical (unpaired) electrons. The first-order chi connectivity index (χ1) is 9.00. The van der Waals surface area contributed by atoms with E-state index in [4.69, 9.17) is 0 Å². The molecule has 2 rings (SSSR count). The summed E-state index contributed by atoms with van der Waals surface area (Å²) in [7, 11) is 0. The van der Waals surface area contributed by atoms with Gasteiger partial charge in [0.1, 0.15) is 5.75 Å². The number of rotatable bonds is 4. The summed E-state index contributed by atoms with van der Waals surface area (Å²) in [5.74, 6) is -0.429. The Kier molecular flexibility index (Phi) is 3.80. The number of carboxylic acid groups (broad SMARTS) is 1. The topological polar surface area (TPSA) is 60.8 Å². The average Bonchev–Trinajstić information content (AvgIpc) is 2.84. The first-order valence-electron chi connectivity index (χ1n) is 6.75. The van der Waals surface area contributed by atoms with Crippen molar-refractivity contribution in [3.05, 3.63) is 29.8 Å². The third kappa shape index (κ3) is 2.45. The normalized spacial score (nSPS) is 25.4. The lowest BCUT2D eigenvalue weighted by atomic mass is 9.84. The van der Waals surface area contributed by atoms with Gasteiger partial charge in [-0.25, -0.2) is 0 Å². The highest BCUT2D eigenvalue weighted by atomic mass is 16.4. The fourth-order valence-electron chi connectivity index (χ4n) is 2.89. The van der Waals surface area contributed by atoms with Crippen LogP contribution in [0.2, 0.25) is 0 Å². The molecule has 4 heteroatoms. The number of nitrogens with zero attached hydrogens (tertiary/aromatic N) is 1. The first kappa shape index (κ1) is 13.9. The van der Waals surface area contributed by atoms with Crippen LogP contribution in [0.3, 0.4) is 0 Å². The van der Waals surface area contributed by atoms with E-state index < -0.39 is 11.4 Å². The number of aliphatic carboxylic acids is 1. The highest BCUT2D eigenvalue weighted by molar-refractivity contribution is 5.75. The van der Waals surface area contributed by atoms with Crippen LogP contribution >= 0.6 is 0 Å². The van der Waals surface area contributed by atoms with Gasteiger partial charge < -0.3 is 10.2 Å². The van der Waals surface area contributed by atoms with Crippen LogP contribution < -0.4 is 0 Å². The van der Waals surface area contributed by atoms with Gasteiger partial charge in [0.2, 0.25) is 0 Å². The second-order valence-electron chi connectivity index (χ2n) is 5.39. The van der Waals surface area contributed by atoms with Gasteiger partial charge in [0.15, 0.2) is 0 Å². The van der Waals surface area contributed by atoms with Crippen molar-refractivity contribution >= 4 is 5.97 Å². The van der Waals surface area contributed by atoms with Gasteiger partial charge in [-0.3, -0.25) is 9.69 Å². The number of aromatic hydroxyl groups is 1. The smallest absolute Gasteiger partial charge is 0.310 e. The monoisotopic (exact) mass is 263 g/mol. The quantitative estimate of drug-likeness (QED) is 0.876. The van der Waals surface area contributed by atoms with Gasteiger partial charge in [-0.1, -0.05) is 25.1 Å². The Balaban J connectivity index is 2.17. The maximum Gasteiger partial charge on any atom is 0.310 e. The summed E-state index contributed by atoms with van der Waals surface area (Å²) in [6.45, 7) is 5.26. The van der Waals surface area contributed by atoms with Gasteiger partial charge in [-0.2, -0.15) is 0 Å². The Labute approximate surface area is 113 Å². The Hall–Kier alpha value is -1.55. The number of hydrogen-bond donors (Lipinski definition) is 2. The van der Waals surface area contributed by atoms with Gasteiger partial charge in [-0.05, 0) is 32.4 Å². The molecule has 19 heavy (non-hydrogen) atoms. The fourth-order valence-corrected chi connectivity index (χ4v) is 2.89. The maximum atomic E-state index is 11.5. The van der Waals surface area contributed by atoms with E-state index in [1.165, 1.54) is 0 Å². The SMILES string of the molecule is CCC1(C(=O)O)CCN(C(C)c2ccccc2O)C1. The summed E-state index contributed by atoms with van der Waals surface area (Å²) >= 11 is 0. The second kappa shape index (κ2) is 5.21. The number of benzene rings is 1. The van der Waals surface area contributed by atoms with Gasteiger partial charge in [-0.15, -0.1) is 0 Å². The highest BCUT2D eigenvalue weighted by Gasteiger charge is 2.44. The van der Waals surface area contributed by atoms with E-state index in [-0.39, 0.29) is 11.8 Å². The zero-order valence-corrected chi connectivity index (χ0v) is 11.5. The van der Waals surface area contributed by atoms with E-state index in [1.54, 1.807) is 12.1 Å². The zero-order valence-electron chi connectivity index (χ0n) is 11.5. The van der Waals surface area contributed by atoms with Crippen LogP contribution in [0.5, 0.6) is 5.75 Å². The number of likely N-dealkylation sites (tertiary alicyclic amines) is 1. The predicted molar refractivity (Wildman–Crippen MR) is 73.1 cm³/mol. The van der Waals surface area contributed by atoms with Crippen molar-refractivity contribution in [3.63, 3.8) is 0 Å². The highest BCUT2D eigenvalue weighted by Crippen LogP contribution is 2.39. The molecule has 2 unspecified atom stereocenters. The van der Waals surface area contributed by atoms with Crippen LogP contribution in [0.15, 0.2) is 24.3 Å². The molecule has 0 spiro atoms. The second-order valence-corrected chi connectivity index (χ2v) is 5.39. The van der Waals surface area contributed by atoms with Crippen LogP contribution in [0.1, 0.15) is 38.3 Å². The molecule has 1 saturated heterocycles. The van der Waals surface area contributed by atoms with Gasteiger partial charge in [0, 0.05) is 18.2 Å². The van der Waals surface area contributed by atoms with Crippen molar-refractivity contribution < 1.29 is 15.0 Å². The van der Waals surface area contributed by atoms with Crippen LogP contribution in [0.4, 0.5) is 0 Å². The maximum absolute atomic E-state index is 11.5. The lowest BCUT2D eigenvalue weighted by molar-refractivity contribution is -0.148. The Morgan fingerprint density at radius 1 is 1.47 bits per heavy atom. The summed E-state index contributed by atoms with van der Waals surface area (Å²) in [6.07, 6.45) is 1.32. The van der Waals surface area contributed by atoms with E-state index in [0.29, 0.717) is 19.4 Å². The molecule has 2 atom stereocenters. The minimum Gasteiger partial charge on any atom is -0.508 e. The van der Waals surface area contributed by atoms with Crippen molar-refractivity contribution in [2.75, 3.05) is 13.1 Å². The lowest BCUT2D eigenvalue weighted by Crippen LogP contribution is -2.35. The van der Waals surface area contributed by atoms with Gasteiger partial charge in [0.05, 0.1) is 5.41 Å². The number of phenols is 1. The third-order valence-corrected chi connectivity index (χ3v) is 4.45. The summed E-state index contributed by atoms with van der Waals surface area (Å²) in [5.41, 5.74) is 0.235. The van der Waals surface area contributed by atoms with Gasteiger partial charge in [0.25, 0.3) is 0 Å². The van der Waals surface area contributed by atoms with Crippen LogP contribution in [0, 0.1) is 5.41 Å². The molecule has 1 fully saturated rings. The molecule has 0 amide bonds. The molecular weight excluding hydrogens is 242 g/mol. The lowest BCUT2D eigenvalue weighted by Gasteiger charge is -2.28. The van der Waals surface area contributed by atoms with Crippen molar-refractivity contribution in [2.45, 2.75) is 32.7 Å². The van der Waals surface area contributed by atoms with E-state index >= 15 is 0 Å². The van der Waals surface area contributed by atoms with Crippen molar-refractivity contribution in [3.8, 4) is 5.75 Å². The molecule has 1 aromatic carbocycles.